The second-order valence-electron chi connectivity index (χ2n) is 11.0. The van der Waals surface area contributed by atoms with Gasteiger partial charge >= 0.3 is 0 Å². The fraction of sp³-hybridized carbons (Fsp3) is 0.300. The van der Waals surface area contributed by atoms with Gasteiger partial charge in [0.25, 0.3) is 0 Å². The topological polar surface area (TPSA) is 125 Å². The number of nitrogens with zero attached hydrogens (tertiary/aromatic N) is 4. The quantitative estimate of drug-likeness (QED) is 0.287. The molecule has 11 heteroatoms. The van der Waals surface area contributed by atoms with Gasteiger partial charge in [-0.15, -0.1) is 10.2 Å². The van der Waals surface area contributed by atoms with Crippen LogP contribution in [0.5, 0.6) is 0 Å². The molecule has 0 spiro atoms. The van der Waals surface area contributed by atoms with Crippen LogP contribution in [0.15, 0.2) is 73.9 Å². The number of hydrogen-bond donors (Lipinski definition) is 2. The van der Waals surface area contributed by atoms with Crippen LogP contribution in [0.4, 0.5) is 10.8 Å². The molecule has 1 amide bonds. The number of Topliss-reactive ketones (excluding diaryl/α,β-unsaturated/α-hetero) is 1. The van der Waals surface area contributed by atoms with Crippen molar-refractivity contribution in [3.05, 3.63) is 86.3 Å². The molecule has 0 fully saturated rings. The second kappa shape index (κ2) is 11.4. The van der Waals surface area contributed by atoms with Crippen molar-refractivity contribution in [3.63, 3.8) is 0 Å². The van der Waals surface area contributed by atoms with E-state index < -0.39 is 5.92 Å². The monoisotopic (exact) mass is 648 g/mol. The van der Waals surface area contributed by atoms with Crippen LogP contribution in [0.1, 0.15) is 49.3 Å². The van der Waals surface area contributed by atoms with Crippen molar-refractivity contribution < 1.29 is 9.59 Å². The number of thioether (sulfide) groups is 1. The lowest BCUT2D eigenvalue weighted by atomic mass is 9.68. The van der Waals surface area contributed by atoms with Crippen molar-refractivity contribution in [2.24, 2.45) is 11.1 Å². The average Bonchev–Trinajstić information content (AvgIpc) is 3.37. The summed E-state index contributed by atoms with van der Waals surface area (Å²) >= 11 is 5.98. The van der Waals surface area contributed by atoms with Gasteiger partial charge in [-0.2, -0.15) is 5.26 Å². The standard InChI is InChI=1S/C30H29BrN6O2S2/c1-16-5-7-18(8-6-16)25-20(14-32)27(33)37(22-12-30(3,4)13-23(38)26(22)25)28-35-36-29(41-28)40-15-24(39)34-21-10-9-19(31)11-17(21)2/h5-11,25H,12-13,15,33H2,1-4H3,(H,34,39). The minimum Gasteiger partial charge on any atom is -0.384 e. The van der Waals surface area contributed by atoms with E-state index in [-0.39, 0.29) is 28.7 Å². The molecule has 2 heterocycles. The maximum absolute atomic E-state index is 13.7. The molecule has 210 valence electrons. The molecule has 0 bridgehead atoms. The van der Waals surface area contributed by atoms with Crippen LogP contribution in [-0.4, -0.2) is 27.6 Å². The van der Waals surface area contributed by atoms with E-state index in [0.29, 0.717) is 33.5 Å². The number of nitrogens with two attached hydrogens (primary N) is 1. The Morgan fingerprint density at radius 2 is 1.95 bits per heavy atom. The number of benzene rings is 2. The lowest BCUT2D eigenvalue weighted by Crippen LogP contribution is -2.42. The van der Waals surface area contributed by atoms with Gasteiger partial charge in [0.1, 0.15) is 5.82 Å². The molecule has 41 heavy (non-hydrogen) atoms. The summed E-state index contributed by atoms with van der Waals surface area (Å²) in [6.45, 7) is 8.04. The van der Waals surface area contributed by atoms with Gasteiger partial charge in [0.15, 0.2) is 10.1 Å². The van der Waals surface area contributed by atoms with Crippen molar-refractivity contribution in [2.75, 3.05) is 16.0 Å². The number of rotatable bonds is 6. The Morgan fingerprint density at radius 3 is 2.63 bits per heavy atom. The average molecular weight is 650 g/mol. The van der Waals surface area contributed by atoms with Crippen LogP contribution in [0, 0.1) is 30.6 Å². The number of allylic oxidation sites excluding steroid dienone is 3. The first-order valence-corrected chi connectivity index (χ1v) is 15.6. The molecule has 5 rings (SSSR count). The first-order valence-electron chi connectivity index (χ1n) is 13.0. The summed E-state index contributed by atoms with van der Waals surface area (Å²) in [6.07, 6.45) is 0.970. The molecule has 0 radical (unpaired) electrons. The van der Waals surface area contributed by atoms with Crippen LogP contribution in [0.2, 0.25) is 0 Å². The molecule has 1 aromatic heterocycles. The van der Waals surface area contributed by atoms with Gasteiger partial charge in [-0.1, -0.05) is 82.7 Å². The molecule has 3 aromatic rings. The zero-order valence-electron chi connectivity index (χ0n) is 23.1. The molecule has 8 nitrogen and oxygen atoms in total. The number of nitriles is 1. The first-order chi connectivity index (χ1) is 19.5. The molecule has 2 aliphatic rings. The summed E-state index contributed by atoms with van der Waals surface area (Å²) in [5, 5.41) is 22.3. The van der Waals surface area contributed by atoms with E-state index in [4.69, 9.17) is 5.73 Å². The maximum Gasteiger partial charge on any atom is 0.234 e. The Morgan fingerprint density at radius 1 is 1.22 bits per heavy atom. The minimum absolute atomic E-state index is 0.00564. The van der Waals surface area contributed by atoms with Gasteiger partial charge < -0.3 is 11.1 Å². The van der Waals surface area contributed by atoms with E-state index >= 15 is 0 Å². The summed E-state index contributed by atoms with van der Waals surface area (Å²) < 4.78 is 1.53. The van der Waals surface area contributed by atoms with Crippen molar-refractivity contribution in [1.82, 2.24) is 10.2 Å². The number of anilines is 2. The van der Waals surface area contributed by atoms with Crippen LogP contribution in [0.3, 0.4) is 0 Å². The highest BCUT2D eigenvalue weighted by Crippen LogP contribution is 2.50. The number of amides is 1. The largest absolute Gasteiger partial charge is 0.384 e. The number of nitrogens with one attached hydrogen (secondary N) is 1. The third-order valence-electron chi connectivity index (χ3n) is 7.17. The highest BCUT2D eigenvalue weighted by molar-refractivity contribution is 9.10. The molecular formula is C30H29BrN6O2S2. The zero-order chi connectivity index (χ0) is 29.5. The molecule has 0 saturated carbocycles. The van der Waals surface area contributed by atoms with Gasteiger partial charge in [-0.05, 0) is 55.0 Å². The molecule has 1 aliphatic carbocycles. The molecule has 1 atom stereocenters. The van der Waals surface area contributed by atoms with E-state index in [2.05, 4.69) is 51.4 Å². The number of hydrogen-bond acceptors (Lipinski definition) is 9. The number of aromatic nitrogens is 2. The Bertz CT molecular complexity index is 1650. The molecular weight excluding hydrogens is 620 g/mol. The fourth-order valence-electron chi connectivity index (χ4n) is 5.25. The number of halogens is 1. The SMILES string of the molecule is Cc1ccc(C2C(C#N)=C(N)N(c3nnc(SCC(=O)Nc4ccc(Br)cc4C)s3)C3=C2C(=O)CC(C)(C)C3)cc1. The highest BCUT2D eigenvalue weighted by atomic mass is 79.9. The number of carbonyl (C=O) groups is 2. The Hall–Kier alpha value is -3.46. The van der Waals surface area contributed by atoms with Crippen molar-refractivity contribution in [2.45, 2.75) is 50.8 Å². The van der Waals surface area contributed by atoms with Crippen LogP contribution < -0.4 is 16.0 Å². The van der Waals surface area contributed by atoms with Crippen molar-refractivity contribution >= 4 is 61.5 Å². The predicted octanol–water partition coefficient (Wildman–Crippen LogP) is 6.59. The van der Waals surface area contributed by atoms with E-state index in [1.165, 1.54) is 23.1 Å². The minimum atomic E-state index is -0.539. The lowest BCUT2D eigenvalue weighted by molar-refractivity contribution is -0.118. The summed E-state index contributed by atoms with van der Waals surface area (Å²) in [7, 11) is 0. The van der Waals surface area contributed by atoms with Crippen LogP contribution >= 0.6 is 39.0 Å². The summed E-state index contributed by atoms with van der Waals surface area (Å²) in [4.78, 5) is 28.0. The van der Waals surface area contributed by atoms with E-state index in [1.807, 2.05) is 56.3 Å². The summed E-state index contributed by atoms with van der Waals surface area (Å²) in [5.41, 5.74) is 11.7. The van der Waals surface area contributed by atoms with E-state index in [1.54, 1.807) is 4.90 Å². The number of aryl methyl sites for hydroxylation is 2. The van der Waals surface area contributed by atoms with E-state index in [0.717, 1.165) is 32.5 Å². The van der Waals surface area contributed by atoms with Gasteiger partial charge in [0, 0.05) is 27.9 Å². The highest BCUT2D eigenvalue weighted by Gasteiger charge is 2.45. The van der Waals surface area contributed by atoms with Crippen molar-refractivity contribution in [1.29, 1.82) is 5.26 Å². The van der Waals surface area contributed by atoms with E-state index in [9.17, 15) is 14.9 Å². The third-order valence-corrected chi connectivity index (χ3v) is 9.70. The molecule has 3 N–H and O–H groups in total. The van der Waals surface area contributed by atoms with Crippen LogP contribution in [-0.2, 0) is 9.59 Å². The van der Waals surface area contributed by atoms with Gasteiger partial charge in [0.2, 0.25) is 11.0 Å². The maximum atomic E-state index is 13.7. The molecule has 2 aromatic carbocycles. The number of carbonyl (C=O) groups excluding carboxylic acids is 2. The fourth-order valence-corrected chi connectivity index (χ4v) is 7.41. The van der Waals surface area contributed by atoms with Crippen LogP contribution in [0.25, 0.3) is 0 Å². The smallest absolute Gasteiger partial charge is 0.234 e. The normalized spacial score (nSPS) is 18.3. The Kier molecular flexibility index (Phi) is 8.10. The van der Waals surface area contributed by atoms with Gasteiger partial charge in [0.05, 0.1) is 23.3 Å². The predicted molar refractivity (Wildman–Crippen MR) is 166 cm³/mol. The Labute approximate surface area is 255 Å². The van der Waals surface area contributed by atoms with Crippen molar-refractivity contribution in [3.8, 4) is 6.07 Å². The summed E-state index contributed by atoms with van der Waals surface area (Å²) in [5.74, 6) is -0.298. The molecule has 0 saturated heterocycles. The van der Waals surface area contributed by atoms with Gasteiger partial charge in [-0.3, -0.25) is 14.5 Å². The van der Waals surface area contributed by atoms with Gasteiger partial charge in [-0.25, -0.2) is 0 Å². The molecule has 1 aliphatic heterocycles. The Balaban J connectivity index is 1.45. The third kappa shape index (κ3) is 5.96. The molecule has 1 unspecified atom stereocenters. The second-order valence-corrected chi connectivity index (χ2v) is 14.1. The number of ketones is 1. The summed E-state index contributed by atoms with van der Waals surface area (Å²) in [6, 6.07) is 15.8. The zero-order valence-corrected chi connectivity index (χ0v) is 26.3. The lowest BCUT2D eigenvalue weighted by Gasteiger charge is -2.42. The first kappa shape index (κ1) is 29.0.